The highest BCUT2D eigenvalue weighted by atomic mass is 16.7. The summed E-state index contributed by atoms with van der Waals surface area (Å²) >= 11 is 0. The van der Waals surface area contributed by atoms with E-state index in [-0.39, 0.29) is 40.1 Å². The van der Waals surface area contributed by atoms with Crippen LogP contribution in [0.4, 0.5) is 0 Å². The normalized spacial score (nSPS) is 53.8. The number of carboxylic acid groups (broad SMARTS) is 2. The summed E-state index contributed by atoms with van der Waals surface area (Å²) in [5, 5.41) is 74.3. The summed E-state index contributed by atoms with van der Waals surface area (Å²) in [5.74, 6) is -2.50. The summed E-state index contributed by atoms with van der Waals surface area (Å²) in [7, 11) is 0. The standard InChI is InChI=1S/C36H56O11/c1-31(2)13-15-36(30(44)45)16-14-34(5)18(22(36)27(31)41)7-8-20-32(3)11-10-21(33(4,17-37)19(32)9-12-35(20,34)6)46-29-25(40)23(38)24(39)26(47-29)28(42)43/h7,19-27,29,37-41H,8-17H2,1-6H3,(H,42,43)(H,44,45). The number of fused-ring (bicyclic) bond motifs is 7. The van der Waals surface area contributed by atoms with Gasteiger partial charge in [0.25, 0.3) is 0 Å². The molecule has 6 rings (SSSR count). The molecule has 1 aliphatic heterocycles. The average Bonchev–Trinajstić information content (AvgIpc) is 3.00. The molecule has 5 fully saturated rings. The summed E-state index contributed by atoms with van der Waals surface area (Å²) in [4.78, 5) is 24.7. The highest BCUT2D eigenvalue weighted by Gasteiger charge is 2.71. The first kappa shape index (κ1) is 35.2. The van der Waals surface area contributed by atoms with E-state index >= 15 is 0 Å². The minimum Gasteiger partial charge on any atom is -0.481 e. The van der Waals surface area contributed by atoms with Crippen LogP contribution in [-0.2, 0) is 19.1 Å². The van der Waals surface area contributed by atoms with Crippen LogP contribution in [0.1, 0.15) is 99.3 Å². The number of aliphatic hydroxyl groups is 5. The van der Waals surface area contributed by atoms with Crippen LogP contribution in [0.25, 0.3) is 0 Å². The van der Waals surface area contributed by atoms with Crippen LogP contribution in [0.5, 0.6) is 0 Å². The summed E-state index contributed by atoms with van der Waals surface area (Å²) in [6.07, 6.45) is -1.50. The van der Waals surface area contributed by atoms with E-state index in [1.165, 1.54) is 0 Å². The Balaban J connectivity index is 1.33. The molecule has 266 valence electrons. The topological polar surface area (TPSA) is 194 Å². The van der Waals surface area contributed by atoms with Crippen LogP contribution in [0.15, 0.2) is 11.6 Å². The van der Waals surface area contributed by atoms with Gasteiger partial charge < -0.3 is 45.2 Å². The second kappa shape index (κ2) is 11.2. The van der Waals surface area contributed by atoms with Gasteiger partial charge in [-0.05, 0) is 91.3 Å². The van der Waals surface area contributed by atoms with Crippen molar-refractivity contribution in [3.63, 3.8) is 0 Å². The largest absolute Gasteiger partial charge is 0.481 e. The maximum absolute atomic E-state index is 13.0. The number of rotatable bonds is 5. The number of hydrogen-bond acceptors (Lipinski definition) is 9. The fraction of sp³-hybridized carbons (Fsp3) is 0.889. The fourth-order valence-corrected chi connectivity index (χ4v) is 12.2. The van der Waals surface area contributed by atoms with Crippen molar-refractivity contribution in [3.8, 4) is 0 Å². The molecule has 0 spiro atoms. The van der Waals surface area contributed by atoms with Crippen molar-refractivity contribution in [2.24, 2.45) is 50.2 Å². The Labute approximate surface area is 277 Å². The predicted octanol–water partition coefficient (Wildman–Crippen LogP) is 3.09. The predicted molar refractivity (Wildman–Crippen MR) is 169 cm³/mol. The van der Waals surface area contributed by atoms with Crippen molar-refractivity contribution >= 4 is 11.9 Å². The quantitative estimate of drug-likeness (QED) is 0.169. The van der Waals surface area contributed by atoms with Gasteiger partial charge in [0, 0.05) is 11.3 Å². The lowest BCUT2D eigenvalue weighted by atomic mass is 9.33. The van der Waals surface area contributed by atoms with Crippen LogP contribution >= 0.6 is 0 Å². The highest BCUT2D eigenvalue weighted by molar-refractivity contribution is 5.77. The van der Waals surface area contributed by atoms with E-state index in [9.17, 15) is 45.3 Å². The van der Waals surface area contributed by atoms with Gasteiger partial charge in [-0.2, -0.15) is 0 Å². The number of ether oxygens (including phenoxy) is 2. The zero-order valence-corrected chi connectivity index (χ0v) is 28.7. The van der Waals surface area contributed by atoms with Gasteiger partial charge in [-0.3, -0.25) is 4.79 Å². The first-order valence-electron chi connectivity index (χ1n) is 17.6. The van der Waals surface area contributed by atoms with Crippen LogP contribution in [-0.4, -0.2) is 97.2 Å². The molecule has 0 aromatic heterocycles. The first-order valence-corrected chi connectivity index (χ1v) is 17.6. The number of allylic oxidation sites excluding steroid dienone is 1. The van der Waals surface area contributed by atoms with Crippen molar-refractivity contribution in [2.75, 3.05) is 6.61 Å². The van der Waals surface area contributed by atoms with Crippen LogP contribution in [0, 0.1) is 50.2 Å². The summed E-state index contributed by atoms with van der Waals surface area (Å²) in [6.45, 7) is 12.8. The van der Waals surface area contributed by atoms with Crippen LogP contribution < -0.4 is 0 Å². The van der Waals surface area contributed by atoms with Gasteiger partial charge in [0.05, 0.1) is 24.2 Å². The van der Waals surface area contributed by atoms with E-state index in [1.54, 1.807) is 0 Å². The third-order valence-corrected chi connectivity index (χ3v) is 15.5. The molecule has 11 nitrogen and oxygen atoms in total. The molecule has 0 aromatic carbocycles. The Kier molecular flexibility index (Phi) is 8.40. The molecular weight excluding hydrogens is 608 g/mol. The molecule has 1 heterocycles. The molecule has 5 aliphatic carbocycles. The molecule has 15 unspecified atom stereocenters. The van der Waals surface area contributed by atoms with Gasteiger partial charge in [-0.25, -0.2) is 4.79 Å². The van der Waals surface area contributed by atoms with Gasteiger partial charge >= 0.3 is 11.9 Å². The van der Waals surface area contributed by atoms with E-state index < -0.39 is 71.6 Å². The van der Waals surface area contributed by atoms with Gasteiger partial charge in [0.1, 0.15) is 18.3 Å². The van der Waals surface area contributed by atoms with E-state index in [0.29, 0.717) is 25.7 Å². The summed E-state index contributed by atoms with van der Waals surface area (Å²) < 4.78 is 11.8. The molecule has 15 atom stereocenters. The highest BCUT2D eigenvalue weighted by Crippen LogP contribution is 2.76. The molecule has 0 amide bonds. The van der Waals surface area contributed by atoms with Gasteiger partial charge in [-0.15, -0.1) is 0 Å². The minimum absolute atomic E-state index is 0.00259. The number of aliphatic carboxylic acids is 2. The Hall–Kier alpha value is -1.60. The number of hydrogen-bond donors (Lipinski definition) is 7. The van der Waals surface area contributed by atoms with Gasteiger partial charge in [0.15, 0.2) is 12.4 Å². The third-order valence-electron chi connectivity index (χ3n) is 15.5. The maximum atomic E-state index is 13.0. The Morgan fingerprint density at radius 2 is 1.51 bits per heavy atom. The van der Waals surface area contributed by atoms with Crippen molar-refractivity contribution in [1.29, 1.82) is 0 Å². The molecule has 11 heteroatoms. The first-order chi connectivity index (χ1) is 21.7. The second-order valence-electron chi connectivity index (χ2n) is 17.7. The van der Waals surface area contributed by atoms with Crippen LogP contribution in [0.3, 0.4) is 0 Å². The molecule has 47 heavy (non-hydrogen) atoms. The molecular formula is C36H56O11. The monoisotopic (exact) mass is 664 g/mol. The zero-order valence-electron chi connectivity index (χ0n) is 28.7. The van der Waals surface area contributed by atoms with Crippen molar-refractivity contribution in [1.82, 2.24) is 0 Å². The summed E-state index contributed by atoms with van der Waals surface area (Å²) in [6, 6.07) is 0. The van der Waals surface area contributed by atoms with Gasteiger partial charge in [0.2, 0.25) is 0 Å². The summed E-state index contributed by atoms with van der Waals surface area (Å²) in [5.41, 5.74) is -1.75. The second-order valence-corrected chi connectivity index (χ2v) is 17.7. The average molecular weight is 665 g/mol. The van der Waals surface area contributed by atoms with Crippen molar-refractivity contribution in [3.05, 3.63) is 11.6 Å². The fourth-order valence-electron chi connectivity index (χ4n) is 12.2. The molecule has 7 N–H and O–H groups in total. The van der Waals surface area contributed by atoms with E-state index in [2.05, 4.69) is 26.8 Å². The molecule has 4 saturated carbocycles. The SMILES string of the molecule is CC1(C)CCC2(C(=O)O)CCC3(C)C(=CCC4C5(C)CCC(OC6OC(C(=O)O)C(O)C(O)C6O)C(C)(CO)C5CCC43C)C2C1O. The lowest BCUT2D eigenvalue weighted by molar-refractivity contribution is -0.327. The number of aliphatic hydroxyl groups excluding tert-OH is 5. The Morgan fingerprint density at radius 3 is 2.13 bits per heavy atom. The number of carboxylic acids is 2. The Morgan fingerprint density at radius 1 is 0.851 bits per heavy atom. The van der Waals surface area contributed by atoms with Crippen molar-refractivity contribution in [2.45, 2.75) is 142 Å². The lowest BCUT2D eigenvalue weighted by Gasteiger charge is -2.71. The third kappa shape index (κ3) is 4.62. The molecule has 0 radical (unpaired) electrons. The number of carbonyl (C=O) groups is 2. The van der Waals surface area contributed by atoms with E-state index in [1.807, 2.05) is 20.8 Å². The van der Waals surface area contributed by atoms with Gasteiger partial charge in [-0.1, -0.05) is 53.2 Å². The maximum Gasteiger partial charge on any atom is 0.335 e. The molecule has 1 saturated heterocycles. The Bertz CT molecular complexity index is 1320. The zero-order chi connectivity index (χ0) is 34.7. The molecule has 0 aromatic rings. The molecule has 6 aliphatic rings. The van der Waals surface area contributed by atoms with E-state index in [0.717, 1.165) is 37.7 Å². The van der Waals surface area contributed by atoms with Crippen molar-refractivity contribution < 1.29 is 54.8 Å². The minimum atomic E-state index is -1.82. The lowest BCUT2D eigenvalue weighted by Crippen LogP contribution is -2.68. The smallest absolute Gasteiger partial charge is 0.335 e. The van der Waals surface area contributed by atoms with Crippen LogP contribution in [0.2, 0.25) is 0 Å². The van der Waals surface area contributed by atoms with E-state index in [4.69, 9.17) is 9.47 Å². The molecule has 0 bridgehead atoms.